The van der Waals surface area contributed by atoms with Crippen molar-refractivity contribution in [3.63, 3.8) is 0 Å². The van der Waals surface area contributed by atoms with E-state index < -0.39 is 0 Å². The van der Waals surface area contributed by atoms with E-state index in [0.717, 1.165) is 37.5 Å². The number of thiol groups is 2. The molecular weight excluding hydrogens is 432 g/mol. The molecule has 0 fully saturated rings. The van der Waals surface area contributed by atoms with Crippen molar-refractivity contribution in [1.82, 2.24) is 0 Å². The molecule has 0 saturated carbocycles. The summed E-state index contributed by atoms with van der Waals surface area (Å²) in [6.07, 6.45) is 10.2. The minimum absolute atomic E-state index is 0. The van der Waals surface area contributed by atoms with Gasteiger partial charge in [0.2, 0.25) is 0 Å². The van der Waals surface area contributed by atoms with Gasteiger partial charge in [-0.1, -0.05) is 66.2 Å². The van der Waals surface area contributed by atoms with Gasteiger partial charge in [0, 0.05) is 11.5 Å². The van der Waals surface area contributed by atoms with Crippen molar-refractivity contribution >= 4 is 74.9 Å². The Balaban J connectivity index is -0.000000451. The van der Waals surface area contributed by atoms with Crippen LogP contribution in [-0.2, 0) is 19.1 Å². The molecule has 0 aliphatic rings. The molecule has 0 aliphatic carbocycles. The third-order valence-electron chi connectivity index (χ3n) is 4.01. The van der Waals surface area contributed by atoms with E-state index in [2.05, 4.69) is 53.0 Å². The van der Waals surface area contributed by atoms with Crippen molar-refractivity contribution in [3.05, 3.63) is 0 Å². The summed E-state index contributed by atoms with van der Waals surface area (Å²) < 4.78 is 10.0. The number of carbonyl (C=O) groups is 2. The van der Waals surface area contributed by atoms with Gasteiger partial charge < -0.3 is 9.47 Å². The van der Waals surface area contributed by atoms with E-state index in [9.17, 15) is 9.59 Å². The van der Waals surface area contributed by atoms with Crippen LogP contribution in [0.2, 0.25) is 0 Å². The number of unbranched alkanes of at least 4 members (excludes halogenated alkanes) is 4. The van der Waals surface area contributed by atoms with Gasteiger partial charge in [-0.15, -0.1) is 0 Å². The van der Waals surface area contributed by atoms with Gasteiger partial charge in [0.1, 0.15) is 0 Å². The van der Waals surface area contributed by atoms with Crippen LogP contribution in [0.3, 0.4) is 0 Å². The van der Waals surface area contributed by atoms with E-state index in [1.807, 2.05) is 0 Å². The molecule has 0 spiro atoms. The Bertz CT molecular complexity index is 333. The first-order valence-electron chi connectivity index (χ1n) is 10.9. The van der Waals surface area contributed by atoms with Gasteiger partial charge in [0.05, 0.1) is 26.1 Å². The predicted molar refractivity (Wildman–Crippen MR) is 134 cm³/mol. The average Bonchev–Trinajstić information content (AvgIpc) is 2.61. The van der Waals surface area contributed by atoms with Gasteiger partial charge in [0.25, 0.3) is 0 Å². The van der Waals surface area contributed by atoms with Crippen LogP contribution < -0.4 is 0 Å². The summed E-state index contributed by atoms with van der Waals surface area (Å²) in [5, 5.41) is 0. The van der Waals surface area contributed by atoms with Crippen LogP contribution in [0.15, 0.2) is 0 Å². The third kappa shape index (κ3) is 33.7. The standard InChI is InChI=1S/2C11H22O2S.Ca.2H/c2*1-10(2)6-4-3-5-8-13-11(12)7-9-14;;;/h2*10,14H,3-9H2,1-2H3;;;. The van der Waals surface area contributed by atoms with Crippen molar-refractivity contribution < 1.29 is 19.1 Å². The molecule has 4 nitrogen and oxygen atoms in total. The molecule has 0 atom stereocenters. The fourth-order valence-corrected chi connectivity index (χ4v) is 2.73. The molecule has 0 aromatic carbocycles. The molecule has 0 rings (SSSR count). The second kappa shape index (κ2) is 26.9. The summed E-state index contributed by atoms with van der Waals surface area (Å²) in [6, 6.07) is 0. The first kappa shape index (κ1) is 34.5. The summed E-state index contributed by atoms with van der Waals surface area (Å²) in [6.45, 7) is 10.1. The number of carbonyl (C=O) groups excluding carboxylic acids is 2. The second-order valence-electron chi connectivity index (χ2n) is 7.87. The molecule has 0 radical (unpaired) electrons. The maximum atomic E-state index is 10.9. The zero-order valence-corrected chi connectivity index (χ0v) is 20.4. The van der Waals surface area contributed by atoms with Crippen molar-refractivity contribution in [3.8, 4) is 0 Å². The molecule has 0 saturated heterocycles. The van der Waals surface area contributed by atoms with Crippen LogP contribution in [0.25, 0.3) is 0 Å². The number of hydrogen-bond acceptors (Lipinski definition) is 6. The summed E-state index contributed by atoms with van der Waals surface area (Å²) in [5.74, 6) is 2.47. The maximum absolute atomic E-state index is 10.9. The molecule has 0 N–H and O–H groups in total. The van der Waals surface area contributed by atoms with E-state index in [1.54, 1.807) is 0 Å². The average molecular weight is 479 g/mol. The number of rotatable bonds is 16. The Labute approximate surface area is 220 Å². The second-order valence-corrected chi connectivity index (χ2v) is 8.77. The van der Waals surface area contributed by atoms with Crippen LogP contribution >= 0.6 is 25.3 Å². The van der Waals surface area contributed by atoms with E-state index in [0.29, 0.717) is 37.6 Å². The first-order valence-corrected chi connectivity index (χ1v) is 12.1. The van der Waals surface area contributed by atoms with Crippen LogP contribution in [-0.4, -0.2) is 74.4 Å². The summed E-state index contributed by atoms with van der Waals surface area (Å²) >= 11 is 7.92. The van der Waals surface area contributed by atoms with E-state index in [1.165, 1.54) is 25.7 Å². The van der Waals surface area contributed by atoms with Gasteiger partial charge in [-0.25, -0.2) is 0 Å². The Hall–Kier alpha value is 0.900. The molecule has 172 valence electrons. The third-order valence-corrected chi connectivity index (χ3v) is 4.46. The molecule has 7 heteroatoms. The van der Waals surface area contributed by atoms with Crippen LogP contribution in [0.4, 0.5) is 0 Å². The molecule has 0 heterocycles. The van der Waals surface area contributed by atoms with Crippen molar-refractivity contribution in [2.24, 2.45) is 11.8 Å². The fourth-order valence-electron chi connectivity index (χ4n) is 2.36. The molecule has 0 bridgehead atoms. The molecule has 0 aromatic heterocycles. The minimum atomic E-state index is -0.121. The van der Waals surface area contributed by atoms with Gasteiger partial charge in [0.15, 0.2) is 0 Å². The number of hydrogen-bond donors (Lipinski definition) is 2. The van der Waals surface area contributed by atoms with Crippen LogP contribution in [0.1, 0.15) is 91.9 Å². The van der Waals surface area contributed by atoms with Gasteiger partial charge >= 0.3 is 49.7 Å². The summed E-state index contributed by atoms with van der Waals surface area (Å²) in [5.41, 5.74) is 0. The monoisotopic (exact) mass is 478 g/mol. The van der Waals surface area contributed by atoms with Gasteiger partial charge in [-0.3, -0.25) is 9.59 Å². The Morgan fingerprint density at radius 1 is 0.655 bits per heavy atom. The zero-order chi connectivity index (χ0) is 21.6. The molecule has 0 amide bonds. The molecule has 0 aliphatic heterocycles. The topological polar surface area (TPSA) is 52.6 Å². The predicted octanol–water partition coefficient (Wildman–Crippen LogP) is 5.22. The first-order chi connectivity index (χ1) is 13.3. The van der Waals surface area contributed by atoms with E-state index in [4.69, 9.17) is 9.47 Å². The Morgan fingerprint density at radius 2 is 1.00 bits per heavy atom. The summed E-state index contributed by atoms with van der Waals surface area (Å²) in [4.78, 5) is 21.8. The molecule has 0 unspecified atom stereocenters. The quantitative estimate of drug-likeness (QED) is 0.138. The van der Waals surface area contributed by atoms with E-state index >= 15 is 0 Å². The fraction of sp³-hybridized carbons (Fsp3) is 0.909. The van der Waals surface area contributed by atoms with Crippen molar-refractivity contribution in [1.29, 1.82) is 0 Å². The Kier molecular flexibility index (Phi) is 32.1. The van der Waals surface area contributed by atoms with Crippen molar-refractivity contribution in [2.45, 2.75) is 91.9 Å². The number of esters is 2. The summed E-state index contributed by atoms with van der Waals surface area (Å²) in [7, 11) is 0. The zero-order valence-electron chi connectivity index (χ0n) is 18.6. The van der Waals surface area contributed by atoms with E-state index in [-0.39, 0.29) is 49.7 Å². The molecule has 0 aromatic rings. The van der Waals surface area contributed by atoms with Crippen LogP contribution in [0, 0.1) is 11.8 Å². The van der Waals surface area contributed by atoms with Gasteiger partial charge in [-0.05, 0) is 24.7 Å². The Morgan fingerprint density at radius 3 is 1.28 bits per heavy atom. The SMILES string of the molecule is CC(C)CCCCCOC(=O)CCS.CC(C)CCCCCOC(=O)CCS.[CaH2]. The van der Waals surface area contributed by atoms with Crippen LogP contribution in [0.5, 0.6) is 0 Å². The molecule has 29 heavy (non-hydrogen) atoms. The molecular formula is C22H46CaO4S2. The van der Waals surface area contributed by atoms with Crippen molar-refractivity contribution in [2.75, 3.05) is 24.7 Å². The normalized spacial score (nSPS) is 10.2. The number of ether oxygens (including phenoxy) is 2. The van der Waals surface area contributed by atoms with Gasteiger partial charge in [-0.2, -0.15) is 25.3 Å².